The lowest BCUT2D eigenvalue weighted by Gasteiger charge is -2.18. The molecule has 0 heterocycles. The van der Waals surface area contributed by atoms with Crippen molar-refractivity contribution in [3.8, 4) is 0 Å². The van der Waals surface area contributed by atoms with Gasteiger partial charge < -0.3 is 15.3 Å². The van der Waals surface area contributed by atoms with Crippen molar-refractivity contribution in [2.45, 2.75) is 25.3 Å². The zero-order valence-electron chi connectivity index (χ0n) is 11.6. The molecule has 1 saturated carbocycles. The van der Waals surface area contributed by atoms with Crippen LogP contribution in [0.15, 0.2) is 24.3 Å². The number of nitrogens with one attached hydrogen (secondary N) is 1. The Hall–Kier alpha value is -1.55. The normalized spacial score (nSPS) is 15.9. The molecule has 1 amide bonds. The van der Waals surface area contributed by atoms with Crippen LogP contribution in [0, 0.1) is 5.92 Å². The molecule has 1 atom stereocenters. The summed E-state index contributed by atoms with van der Waals surface area (Å²) in [6.07, 6.45) is 2.96. The number of hydrogen-bond acceptors (Lipinski definition) is 3. The van der Waals surface area contributed by atoms with Crippen LogP contribution in [0.25, 0.3) is 0 Å². The SMILES string of the molecule is CN(C)c1ccc(C(=O)NC(CCO)C2CC2)cc1. The van der Waals surface area contributed by atoms with Crippen LogP contribution >= 0.6 is 0 Å². The maximum atomic E-state index is 12.1. The number of anilines is 1. The van der Waals surface area contributed by atoms with E-state index in [0.29, 0.717) is 17.9 Å². The lowest BCUT2D eigenvalue weighted by atomic mass is 10.1. The minimum Gasteiger partial charge on any atom is -0.396 e. The Bertz CT molecular complexity index is 424. The first-order valence-electron chi connectivity index (χ1n) is 6.81. The number of aliphatic hydroxyl groups excluding tert-OH is 1. The van der Waals surface area contributed by atoms with E-state index in [1.165, 1.54) is 0 Å². The predicted molar refractivity (Wildman–Crippen MR) is 76.5 cm³/mol. The van der Waals surface area contributed by atoms with Crippen LogP contribution in [-0.2, 0) is 0 Å². The first-order valence-corrected chi connectivity index (χ1v) is 6.81. The molecule has 0 saturated heterocycles. The van der Waals surface area contributed by atoms with Crippen LogP contribution in [-0.4, -0.2) is 37.8 Å². The Kier molecular flexibility index (Phi) is 4.43. The fraction of sp³-hybridized carbons (Fsp3) is 0.533. The fourth-order valence-electron chi connectivity index (χ4n) is 2.23. The second kappa shape index (κ2) is 6.06. The van der Waals surface area contributed by atoms with Crippen molar-refractivity contribution in [2.75, 3.05) is 25.6 Å². The van der Waals surface area contributed by atoms with Gasteiger partial charge in [0.15, 0.2) is 0 Å². The summed E-state index contributed by atoms with van der Waals surface area (Å²) in [7, 11) is 3.94. The summed E-state index contributed by atoms with van der Waals surface area (Å²) in [4.78, 5) is 14.1. The van der Waals surface area contributed by atoms with Crippen LogP contribution in [0.2, 0.25) is 0 Å². The molecule has 0 aromatic heterocycles. The largest absolute Gasteiger partial charge is 0.396 e. The summed E-state index contributed by atoms with van der Waals surface area (Å²) >= 11 is 0. The van der Waals surface area contributed by atoms with Crippen LogP contribution in [0.5, 0.6) is 0 Å². The predicted octanol–water partition coefficient (Wildman–Crippen LogP) is 1.64. The summed E-state index contributed by atoms with van der Waals surface area (Å²) in [5.41, 5.74) is 1.75. The van der Waals surface area contributed by atoms with Crippen LogP contribution < -0.4 is 10.2 Å². The molecule has 0 radical (unpaired) electrons. The van der Waals surface area contributed by atoms with Gasteiger partial charge in [-0.2, -0.15) is 0 Å². The number of amides is 1. The molecule has 4 heteroatoms. The van der Waals surface area contributed by atoms with Gasteiger partial charge in [-0.1, -0.05) is 0 Å². The second-order valence-electron chi connectivity index (χ2n) is 5.37. The molecule has 1 aliphatic rings. The first-order chi connectivity index (χ1) is 9.11. The number of aliphatic hydroxyl groups is 1. The van der Waals surface area contributed by atoms with Gasteiger partial charge in [0.25, 0.3) is 5.91 Å². The van der Waals surface area contributed by atoms with Gasteiger partial charge in [0.1, 0.15) is 0 Å². The summed E-state index contributed by atoms with van der Waals surface area (Å²) in [6, 6.07) is 7.67. The molecule has 104 valence electrons. The van der Waals surface area contributed by atoms with E-state index in [0.717, 1.165) is 18.5 Å². The van der Waals surface area contributed by atoms with Crippen LogP contribution in [0.3, 0.4) is 0 Å². The number of nitrogens with zero attached hydrogens (tertiary/aromatic N) is 1. The fourth-order valence-corrected chi connectivity index (χ4v) is 2.23. The standard InChI is InChI=1S/C15H22N2O2/c1-17(2)13-7-5-12(6-8-13)15(19)16-14(9-10-18)11-3-4-11/h5-8,11,14,18H,3-4,9-10H2,1-2H3,(H,16,19). The number of carbonyl (C=O) groups excluding carboxylic acids is 1. The van der Waals surface area contributed by atoms with Gasteiger partial charge in [0, 0.05) is 38.0 Å². The summed E-state index contributed by atoms with van der Waals surface area (Å²) in [5.74, 6) is 0.507. The molecule has 4 nitrogen and oxygen atoms in total. The van der Waals surface area contributed by atoms with E-state index in [1.54, 1.807) is 0 Å². The maximum absolute atomic E-state index is 12.1. The van der Waals surface area contributed by atoms with Crippen molar-refractivity contribution in [3.63, 3.8) is 0 Å². The monoisotopic (exact) mass is 262 g/mol. The van der Waals surface area contributed by atoms with Crippen molar-refractivity contribution >= 4 is 11.6 Å². The molecule has 1 aromatic rings. The van der Waals surface area contributed by atoms with Gasteiger partial charge in [0.2, 0.25) is 0 Å². The van der Waals surface area contributed by atoms with Crippen LogP contribution in [0.4, 0.5) is 5.69 Å². The third-order valence-corrected chi connectivity index (χ3v) is 3.59. The third kappa shape index (κ3) is 3.70. The summed E-state index contributed by atoms with van der Waals surface area (Å²) in [5, 5.41) is 12.1. The molecule has 19 heavy (non-hydrogen) atoms. The maximum Gasteiger partial charge on any atom is 0.251 e. The molecule has 0 spiro atoms. The lowest BCUT2D eigenvalue weighted by molar-refractivity contribution is 0.0924. The summed E-state index contributed by atoms with van der Waals surface area (Å²) < 4.78 is 0. The van der Waals surface area contributed by atoms with E-state index in [1.807, 2.05) is 43.3 Å². The highest BCUT2D eigenvalue weighted by molar-refractivity contribution is 5.94. The highest BCUT2D eigenvalue weighted by Gasteiger charge is 2.31. The first kappa shape index (κ1) is 13.9. The zero-order valence-corrected chi connectivity index (χ0v) is 11.6. The Balaban J connectivity index is 1.98. The van der Waals surface area contributed by atoms with Crippen molar-refractivity contribution < 1.29 is 9.90 Å². The quantitative estimate of drug-likeness (QED) is 0.819. The average Bonchev–Trinajstić information content (AvgIpc) is 3.22. The highest BCUT2D eigenvalue weighted by Crippen LogP contribution is 2.34. The van der Waals surface area contributed by atoms with E-state index in [4.69, 9.17) is 5.11 Å². The number of rotatable bonds is 6. The Labute approximate surface area is 114 Å². The topological polar surface area (TPSA) is 52.6 Å². The molecule has 0 aliphatic heterocycles. The van der Waals surface area contributed by atoms with Crippen molar-refractivity contribution in [3.05, 3.63) is 29.8 Å². The molecule has 1 aliphatic carbocycles. The number of hydrogen-bond donors (Lipinski definition) is 2. The molecule has 1 aromatic carbocycles. The van der Waals surface area contributed by atoms with Crippen molar-refractivity contribution in [1.82, 2.24) is 5.32 Å². The molecular formula is C15H22N2O2. The smallest absolute Gasteiger partial charge is 0.251 e. The highest BCUT2D eigenvalue weighted by atomic mass is 16.3. The van der Waals surface area contributed by atoms with E-state index >= 15 is 0 Å². The van der Waals surface area contributed by atoms with Gasteiger partial charge in [-0.25, -0.2) is 0 Å². The lowest BCUT2D eigenvalue weighted by Crippen LogP contribution is -2.37. The Morgan fingerprint density at radius 3 is 2.47 bits per heavy atom. The number of benzene rings is 1. The van der Waals surface area contributed by atoms with E-state index < -0.39 is 0 Å². The van der Waals surface area contributed by atoms with Gasteiger partial charge in [-0.15, -0.1) is 0 Å². The average molecular weight is 262 g/mol. The van der Waals surface area contributed by atoms with Gasteiger partial charge >= 0.3 is 0 Å². The van der Waals surface area contributed by atoms with Gasteiger partial charge in [-0.3, -0.25) is 4.79 Å². The Morgan fingerprint density at radius 2 is 2.00 bits per heavy atom. The molecule has 2 N–H and O–H groups in total. The Morgan fingerprint density at radius 1 is 1.37 bits per heavy atom. The van der Waals surface area contributed by atoms with Gasteiger partial charge in [0.05, 0.1) is 0 Å². The van der Waals surface area contributed by atoms with E-state index in [9.17, 15) is 4.79 Å². The van der Waals surface area contributed by atoms with Crippen molar-refractivity contribution in [1.29, 1.82) is 0 Å². The molecular weight excluding hydrogens is 240 g/mol. The summed E-state index contributed by atoms with van der Waals surface area (Å²) in [6.45, 7) is 0.126. The second-order valence-corrected chi connectivity index (χ2v) is 5.37. The van der Waals surface area contributed by atoms with E-state index in [-0.39, 0.29) is 18.6 Å². The van der Waals surface area contributed by atoms with Crippen molar-refractivity contribution in [2.24, 2.45) is 5.92 Å². The molecule has 2 rings (SSSR count). The number of carbonyl (C=O) groups is 1. The third-order valence-electron chi connectivity index (χ3n) is 3.59. The van der Waals surface area contributed by atoms with Crippen LogP contribution in [0.1, 0.15) is 29.6 Å². The minimum absolute atomic E-state index is 0.0457. The molecule has 0 bridgehead atoms. The molecule has 1 unspecified atom stereocenters. The molecule has 1 fully saturated rings. The van der Waals surface area contributed by atoms with E-state index in [2.05, 4.69) is 5.32 Å². The zero-order chi connectivity index (χ0) is 13.8. The van der Waals surface area contributed by atoms with Gasteiger partial charge in [-0.05, 0) is 49.4 Å². The minimum atomic E-state index is -0.0457.